The third-order valence-corrected chi connectivity index (χ3v) is 0.997. The van der Waals surface area contributed by atoms with Crippen molar-refractivity contribution in [3.05, 3.63) is 24.4 Å². The molecular weight excluding hydrogens is 102 g/mol. The monoisotopic (exact) mass is 111 g/mol. The van der Waals surface area contributed by atoms with Gasteiger partial charge in [0.2, 0.25) is 0 Å². The number of allylic oxidation sites excluding steroid dienone is 1. The van der Waals surface area contributed by atoms with Gasteiger partial charge in [-0.25, -0.2) is 0 Å². The summed E-state index contributed by atoms with van der Waals surface area (Å²) in [7, 11) is 0. The van der Waals surface area contributed by atoms with Gasteiger partial charge in [-0.3, -0.25) is 0 Å². The molecule has 0 radical (unpaired) electrons. The van der Waals surface area contributed by atoms with Gasteiger partial charge in [0.15, 0.2) is 5.88 Å². The first kappa shape index (κ1) is 5.22. The van der Waals surface area contributed by atoms with Crippen LogP contribution in [0.1, 0.15) is 13.3 Å². The van der Waals surface area contributed by atoms with E-state index in [2.05, 4.69) is 11.9 Å². The Morgan fingerprint density at radius 3 is 2.88 bits per heavy atom. The highest BCUT2D eigenvalue weighted by Crippen LogP contribution is 2.11. The SMILES string of the molecule is C=C1NC=C(CC)O1. The Bertz CT molecular complexity index is 137. The molecule has 0 aromatic heterocycles. The predicted octanol–water partition coefficient (Wildman–Crippen LogP) is 1.33. The second kappa shape index (κ2) is 1.90. The third-order valence-electron chi connectivity index (χ3n) is 0.997. The van der Waals surface area contributed by atoms with E-state index in [-0.39, 0.29) is 0 Å². The molecule has 0 aromatic rings. The number of ether oxygens (including phenoxy) is 1. The van der Waals surface area contributed by atoms with Crippen LogP contribution < -0.4 is 5.32 Å². The lowest BCUT2D eigenvalue weighted by Gasteiger charge is -1.96. The molecule has 0 atom stereocenters. The van der Waals surface area contributed by atoms with Crippen molar-refractivity contribution in [2.24, 2.45) is 0 Å². The highest BCUT2D eigenvalue weighted by molar-refractivity contribution is 5.06. The van der Waals surface area contributed by atoms with E-state index in [9.17, 15) is 0 Å². The quantitative estimate of drug-likeness (QED) is 0.551. The molecule has 0 fully saturated rings. The lowest BCUT2D eigenvalue weighted by atomic mass is 10.4. The first-order valence-corrected chi connectivity index (χ1v) is 2.65. The fourth-order valence-corrected chi connectivity index (χ4v) is 0.552. The molecule has 1 N–H and O–H groups in total. The fraction of sp³-hybridized carbons (Fsp3) is 0.333. The maximum atomic E-state index is 5.07. The van der Waals surface area contributed by atoms with Crippen LogP contribution in [0.15, 0.2) is 24.4 Å². The van der Waals surface area contributed by atoms with Crippen LogP contribution in [0, 0.1) is 0 Å². The molecule has 0 bridgehead atoms. The molecule has 0 amide bonds. The Balaban J connectivity index is 2.49. The molecule has 1 rings (SSSR count). The summed E-state index contributed by atoms with van der Waals surface area (Å²) < 4.78 is 5.07. The Hall–Kier alpha value is -0.920. The van der Waals surface area contributed by atoms with Crippen LogP contribution in [0.5, 0.6) is 0 Å². The van der Waals surface area contributed by atoms with E-state index in [0.717, 1.165) is 12.2 Å². The van der Waals surface area contributed by atoms with E-state index >= 15 is 0 Å². The van der Waals surface area contributed by atoms with Crippen LogP contribution >= 0.6 is 0 Å². The molecule has 1 aliphatic heterocycles. The van der Waals surface area contributed by atoms with Crippen molar-refractivity contribution in [3.63, 3.8) is 0 Å². The summed E-state index contributed by atoms with van der Waals surface area (Å²) in [5.74, 6) is 1.58. The molecule has 0 saturated carbocycles. The molecule has 0 spiro atoms. The van der Waals surface area contributed by atoms with Gasteiger partial charge in [-0.2, -0.15) is 0 Å². The largest absolute Gasteiger partial charge is 0.445 e. The van der Waals surface area contributed by atoms with E-state index in [0.29, 0.717) is 5.88 Å². The fourth-order valence-electron chi connectivity index (χ4n) is 0.552. The molecule has 0 aromatic carbocycles. The van der Waals surface area contributed by atoms with Crippen LogP contribution in [0.25, 0.3) is 0 Å². The van der Waals surface area contributed by atoms with Crippen LogP contribution in [-0.4, -0.2) is 0 Å². The zero-order valence-corrected chi connectivity index (χ0v) is 4.90. The molecule has 2 heteroatoms. The smallest absolute Gasteiger partial charge is 0.189 e. The van der Waals surface area contributed by atoms with Crippen molar-refractivity contribution < 1.29 is 4.74 Å². The van der Waals surface area contributed by atoms with Gasteiger partial charge in [-0.15, -0.1) is 0 Å². The van der Waals surface area contributed by atoms with Gasteiger partial charge in [-0.1, -0.05) is 6.92 Å². The number of nitrogens with one attached hydrogen (secondary N) is 1. The van der Waals surface area contributed by atoms with Gasteiger partial charge < -0.3 is 10.1 Å². The minimum Gasteiger partial charge on any atom is -0.445 e. The standard InChI is InChI=1S/C6H9NO/c1-3-6-4-7-5(2)8-6/h4,7H,2-3H2,1H3. The summed E-state index contributed by atoms with van der Waals surface area (Å²) in [6.45, 7) is 5.60. The summed E-state index contributed by atoms with van der Waals surface area (Å²) in [6, 6.07) is 0. The Kier molecular flexibility index (Phi) is 1.24. The van der Waals surface area contributed by atoms with Crippen molar-refractivity contribution in [1.82, 2.24) is 5.32 Å². The number of hydrogen-bond acceptors (Lipinski definition) is 2. The Labute approximate surface area is 48.8 Å². The first-order chi connectivity index (χ1) is 3.83. The molecule has 1 heterocycles. The first-order valence-electron chi connectivity index (χ1n) is 2.65. The summed E-state index contributed by atoms with van der Waals surface area (Å²) in [5, 5.41) is 2.84. The molecule has 8 heavy (non-hydrogen) atoms. The topological polar surface area (TPSA) is 21.3 Å². The molecule has 0 saturated heterocycles. The second-order valence-electron chi connectivity index (χ2n) is 1.63. The molecule has 0 aliphatic carbocycles. The van der Waals surface area contributed by atoms with E-state index in [4.69, 9.17) is 4.74 Å². The average molecular weight is 111 g/mol. The van der Waals surface area contributed by atoms with Crippen molar-refractivity contribution in [2.75, 3.05) is 0 Å². The second-order valence-corrected chi connectivity index (χ2v) is 1.63. The zero-order valence-electron chi connectivity index (χ0n) is 4.90. The van der Waals surface area contributed by atoms with Gasteiger partial charge in [0, 0.05) is 12.6 Å². The van der Waals surface area contributed by atoms with Crippen molar-refractivity contribution in [2.45, 2.75) is 13.3 Å². The van der Waals surface area contributed by atoms with Crippen LogP contribution in [0.4, 0.5) is 0 Å². The van der Waals surface area contributed by atoms with Crippen LogP contribution in [0.3, 0.4) is 0 Å². The van der Waals surface area contributed by atoms with Crippen molar-refractivity contribution in [1.29, 1.82) is 0 Å². The minimum atomic E-state index is 0.627. The lowest BCUT2D eigenvalue weighted by molar-refractivity contribution is 0.307. The predicted molar refractivity (Wildman–Crippen MR) is 31.7 cm³/mol. The van der Waals surface area contributed by atoms with Crippen molar-refractivity contribution in [3.8, 4) is 0 Å². The van der Waals surface area contributed by atoms with Crippen LogP contribution in [0.2, 0.25) is 0 Å². The highest BCUT2D eigenvalue weighted by atomic mass is 16.5. The van der Waals surface area contributed by atoms with E-state index < -0.39 is 0 Å². The lowest BCUT2D eigenvalue weighted by Crippen LogP contribution is -1.94. The molecular formula is C6H9NO. The van der Waals surface area contributed by atoms with E-state index in [1.165, 1.54) is 0 Å². The van der Waals surface area contributed by atoms with Gasteiger partial charge in [0.05, 0.1) is 0 Å². The van der Waals surface area contributed by atoms with Gasteiger partial charge >= 0.3 is 0 Å². The van der Waals surface area contributed by atoms with Gasteiger partial charge in [-0.05, 0) is 6.58 Å². The van der Waals surface area contributed by atoms with Crippen molar-refractivity contribution >= 4 is 0 Å². The maximum Gasteiger partial charge on any atom is 0.189 e. The minimum absolute atomic E-state index is 0.627. The Morgan fingerprint density at radius 1 is 1.88 bits per heavy atom. The number of hydrogen-bond donors (Lipinski definition) is 1. The normalized spacial score (nSPS) is 17.1. The highest BCUT2D eigenvalue weighted by Gasteiger charge is 2.03. The van der Waals surface area contributed by atoms with Gasteiger partial charge in [0.1, 0.15) is 5.76 Å². The number of rotatable bonds is 1. The summed E-state index contributed by atoms with van der Waals surface area (Å²) in [6.07, 6.45) is 2.74. The zero-order chi connectivity index (χ0) is 5.98. The van der Waals surface area contributed by atoms with E-state index in [1.54, 1.807) is 0 Å². The average Bonchev–Trinajstić information content (AvgIpc) is 2.14. The maximum absolute atomic E-state index is 5.07. The summed E-state index contributed by atoms with van der Waals surface area (Å²) >= 11 is 0. The summed E-state index contributed by atoms with van der Waals surface area (Å²) in [5.41, 5.74) is 0. The third kappa shape index (κ3) is 0.832. The molecule has 2 nitrogen and oxygen atoms in total. The van der Waals surface area contributed by atoms with Crippen LogP contribution in [-0.2, 0) is 4.74 Å². The Morgan fingerprint density at radius 2 is 2.62 bits per heavy atom. The van der Waals surface area contributed by atoms with E-state index in [1.807, 2.05) is 13.1 Å². The molecule has 44 valence electrons. The summed E-state index contributed by atoms with van der Waals surface area (Å²) in [4.78, 5) is 0. The molecule has 0 unspecified atom stereocenters. The molecule has 1 aliphatic rings. The van der Waals surface area contributed by atoms with Gasteiger partial charge in [0.25, 0.3) is 0 Å².